The molecule has 3 rings (SSSR count). The zero-order valence-corrected chi connectivity index (χ0v) is 23.3. The van der Waals surface area contributed by atoms with E-state index < -0.39 is 30.3 Å². The van der Waals surface area contributed by atoms with Crippen LogP contribution in [0.4, 0.5) is 0 Å². The second-order valence-electron chi connectivity index (χ2n) is 10.4. The molecule has 3 heterocycles. The normalized spacial score (nSPS) is 29.4. The van der Waals surface area contributed by atoms with Gasteiger partial charge >= 0.3 is 5.97 Å². The number of thiazole rings is 1. The molecule has 10 heteroatoms. The number of nitrogens with zero attached hydrogens (tertiary/aromatic N) is 2. The molecule has 0 unspecified atom stereocenters. The molecular weight excluding hydrogens is 506 g/mol. The van der Waals surface area contributed by atoms with Crippen LogP contribution >= 0.6 is 11.3 Å². The fraction of sp³-hybridized carbons (Fsp3) is 0.571. The SMILES string of the molecule is CC1=C[C@@H](O)C[C@H](O)Cc2nc(cs2)C(=O)N2CCC[C@@H]2C(=O)O[C@H](C(C)C)[C@H](C)/C=C/C(=O)NCC=C1. The molecule has 5 atom stereocenters. The molecule has 38 heavy (non-hydrogen) atoms. The first-order chi connectivity index (χ1) is 18.0. The highest BCUT2D eigenvalue weighted by Crippen LogP contribution is 2.26. The fourth-order valence-electron chi connectivity index (χ4n) is 4.77. The zero-order chi connectivity index (χ0) is 27.8. The number of hydrogen-bond donors (Lipinski definition) is 3. The van der Waals surface area contributed by atoms with Crippen LogP contribution in [0, 0.1) is 11.8 Å². The van der Waals surface area contributed by atoms with Gasteiger partial charge in [0.15, 0.2) is 0 Å². The Morgan fingerprint density at radius 3 is 2.71 bits per heavy atom. The second kappa shape index (κ2) is 13.8. The lowest BCUT2D eigenvalue weighted by Crippen LogP contribution is -2.44. The largest absolute Gasteiger partial charge is 0.460 e. The smallest absolute Gasteiger partial charge is 0.329 e. The van der Waals surface area contributed by atoms with Crippen molar-refractivity contribution in [3.05, 3.63) is 52.0 Å². The van der Waals surface area contributed by atoms with Gasteiger partial charge in [0.1, 0.15) is 17.8 Å². The Morgan fingerprint density at radius 2 is 1.97 bits per heavy atom. The summed E-state index contributed by atoms with van der Waals surface area (Å²) in [6.07, 6.45) is 7.73. The predicted molar refractivity (Wildman–Crippen MR) is 145 cm³/mol. The van der Waals surface area contributed by atoms with Crippen LogP contribution in [0.2, 0.25) is 0 Å². The van der Waals surface area contributed by atoms with Crippen LogP contribution in [0.3, 0.4) is 0 Å². The molecule has 2 bridgehead atoms. The Bertz CT molecular complexity index is 1080. The molecule has 0 radical (unpaired) electrons. The molecule has 2 aliphatic heterocycles. The van der Waals surface area contributed by atoms with E-state index in [9.17, 15) is 24.6 Å². The van der Waals surface area contributed by atoms with Crippen LogP contribution in [0.25, 0.3) is 0 Å². The van der Waals surface area contributed by atoms with Crippen molar-refractivity contribution >= 4 is 29.1 Å². The van der Waals surface area contributed by atoms with Crippen LogP contribution in [0.1, 0.15) is 62.5 Å². The number of cyclic esters (lactones) is 1. The first-order valence-electron chi connectivity index (χ1n) is 13.2. The summed E-state index contributed by atoms with van der Waals surface area (Å²) >= 11 is 1.27. The van der Waals surface area contributed by atoms with Crippen molar-refractivity contribution in [2.24, 2.45) is 11.8 Å². The molecule has 2 amide bonds. The molecule has 9 nitrogen and oxygen atoms in total. The number of carbonyl (C=O) groups excluding carboxylic acids is 3. The zero-order valence-electron chi connectivity index (χ0n) is 22.5. The third kappa shape index (κ3) is 8.34. The fourth-order valence-corrected chi connectivity index (χ4v) is 5.61. The minimum absolute atomic E-state index is 0.00210. The topological polar surface area (TPSA) is 129 Å². The Hall–Kier alpha value is -2.82. The molecule has 0 aliphatic carbocycles. The van der Waals surface area contributed by atoms with Gasteiger partial charge < -0.3 is 25.2 Å². The maximum absolute atomic E-state index is 13.3. The average molecular weight is 546 g/mol. The van der Waals surface area contributed by atoms with Crippen LogP contribution in [0.5, 0.6) is 0 Å². The third-order valence-electron chi connectivity index (χ3n) is 6.69. The van der Waals surface area contributed by atoms with Crippen LogP contribution in [-0.2, 0) is 20.7 Å². The van der Waals surface area contributed by atoms with E-state index in [2.05, 4.69) is 10.3 Å². The number of aliphatic hydroxyl groups is 2. The highest BCUT2D eigenvalue weighted by Gasteiger charge is 2.38. The summed E-state index contributed by atoms with van der Waals surface area (Å²) in [6.45, 7) is 8.37. The lowest BCUT2D eigenvalue weighted by molar-refractivity contribution is -0.158. The van der Waals surface area contributed by atoms with Crippen LogP contribution in [0.15, 0.2) is 41.3 Å². The summed E-state index contributed by atoms with van der Waals surface area (Å²) in [7, 11) is 0. The lowest BCUT2D eigenvalue weighted by atomic mass is 9.94. The second-order valence-corrected chi connectivity index (χ2v) is 11.3. The van der Waals surface area contributed by atoms with Crippen molar-refractivity contribution in [3.8, 4) is 0 Å². The summed E-state index contributed by atoms with van der Waals surface area (Å²) in [5, 5.41) is 25.8. The Morgan fingerprint density at radius 1 is 1.21 bits per heavy atom. The Labute approximate surface area is 228 Å². The number of amides is 2. The van der Waals surface area contributed by atoms with Gasteiger partial charge in [-0.3, -0.25) is 9.59 Å². The number of aromatic nitrogens is 1. The molecule has 3 N–H and O–H groups in total. The molecular formula is C28H39N3O6S. The summed E-state index contributed by atoms with van der Waals surface area (Å²) in [5.41, 5.74) is 1.03. The van der Waals surface area contributed by atoms with Gasteiger partial charge in [-0.25, -0.2) is 9.78 Å². The van der Waals surface area contributed by atoms with Gasteiger partial charge in [-0.2, -0.15) is 0 Å². The minimum Gasteiger partial charge on any atom is -0.460 e. The van der Waals surface area contributed by atoms with E-state index in [1.165, 1.54) is 22.3 Å². The van der Waals surface area contributed by atoms with Crippen molar-refractivity contribution in [2.45, 2.75) is 77.7 Å². The van der Waals surface area contributed by atoms with Crippen LogP contribution in [-0.4, -0.2) is 75.3 Å². The number of allylic oxidation sites excluding steroid dienone is 2. The van der Waals surface area contributed by atoms with Gasteiger partial charge in [-0.15, -0.1) is 11.3 Å². The van der Waals surface area contributed by atoms with Crippen molar-refractivity contribution in [1.82, 2.24) is 15.2 Å². The highest BCUT2D eigenvalue weighted by atomic mass is 32.1. The third-order valence-corrected chi connectivity index (χ3v) is 7.56. The predicted octanol–water partition coefficient (Wildman–Crippen LogP) is 2.79. The Balaban J connectivity index is 1.85. The van der Waals surface area contributed by atoms with Gasteiger partial charge in [0.2, 0.25) is 5.91 Å². The molecule has 1 saturated heterocycles. The molecule has 2 aliphatic rings. The minimum atomic E-state index is -0.860. The molecule has 1 aromatic heterocycles. The summed E-state index contributed by atoms with van der Waals surface area (Å²) in [6, 6.07) is -0.697. The quantitative estimate of drug-likeness (QED) is 0.463. The van der Waals surface area contributed by atoms with E-state index >= 15 is 0 Å². The number of ether oxygens (including phenoxy) is 1. The van der Waals surface area contributed by atoms with Gasteiger partial charge in [-0.1, -0.05) is 50.6 Å². The van der Waals surface area contributed by atoms with Gasteiger partial charge in [0.05, 0.1) is 17.2 Å². The highest BCUT2D eigenvalue weighted by molar-refractivity contribution is 7.09. The number of nitrogens with one attached hydrogen (secondary N) is 1. The van der Waals surface area contributed by atoms with Crippen LogP contribution < -0.4 is 5.32 Å². The molecule has 1 aromatic rings. The van der Waals surface area contributed by atoms with E-state index in [0.717, 1.165) is 5.57 Å². The van der Waals surface area contributed by atoms with Gasteiger partial charge in [0.25, 0.3) is 5.91 Å². The standard InChI is InChI=1S/C28H39N3O6S/c1-17(2)26-19(4)9-10-24(34)29-11-5-7-18(3)13-20(32)14-21(33)15-25-30-22(16-38-25)27(35)31-12-6-8-23(31)28(36)37-26/h5,7,9-10,13,16-17,19-21,23,26,32-33H,6,8,11-12,14-15H2,1-4H3,(H,29,34)/b7-5?,10-9+,18-13?/t19-,20-,21+,23-,26-/m1/s1. The maximum Gasteiger partial charge on any atom is 0.329 e. The molecule has 208 valence electrons. The average Bonchev–Trinajstić information content (AvgIpc) is 3.52. The van der Waals surface area contributed by atoms with Crippen molar-refractivity contribution in [3.63, 3.8) is 0 Å². The van der Waals surface area contributed by atoms with Crippen molar-refractivity contribution in [2.75, 3.05) is 13.1 Å². The first kappa shape index (κ1) is 29.7. The number of rotatable bonds is 1. The molecule has 1 fully saturated rings. The number of aliphatic hydroxyl groups excluding tert-OH is 2. The van der Waals surface area contributed by atoms with E-state index in [1.807, 2.05) is 27.7 Å². The number of carbonyl (C=O) groups is 3. The summed E-state index contributed by atoms with van der Waals surface area (Å²) < 4.78 is 5.91. The van der Waals surface area contributed by atoms with Crippen molar-refractivity contribution in [1.29, 1.82) is 0 Å². The van der Waals surface area contributed by atoms with Crippen molar-refractivity contribution < 1.29 is 29.3 Å². The van der Waals surface area contributed by atoms with E-state index in [1.54, 1.807) is 29.7 Å². The lowest BCUT2D eigenvalue weighted by Gasteiger charge is -2.29. The van der Waals surface area contributed by atoms with Gasteiger partial charge in [0, 0.05) is 37.2 Å². The number of hydrogen-bond acceptors (Lipinski definition) is 8. The monoisotopic (exact) mass is 545 g/mol. The van der Waals surface area contributed by atoms with E-state index in [0.29, 0.717) is 30.9 Å². The summed E-state index contributed by atoms with van der Waals surface area (Å²) in [5.74, 6) is -1.27. The maximum atomic E-state index is 13.3. The molecule has 0 spiro atoms. The molecule has 0 saturated carbocycles. The number of fused-ring (bicyclic) bond motifs is 3. The Kier molecular flexibility index (Phi) is 10.8. The van der Waals surface area contributed by atoms with Gasteiger partial charge in [-0.05, 0) is 31.8 Å². The molecule has 0 aromatic carbocycles. The van der Waals surface area contributed by atoms with E-state index in [-0.39, 0.29) is 42.2 Å². The first-order valence-corrected chi connectivity index (χ1v) is 14.1. The number of esters is 1. The summed E-state index contributed by atoms with van der Waals surface area (Å²) in [4.78, 5) is 44.7. The van der Waals surface area contributed by atoms with E-state index in [4.69, 9.17) is 4.74 Å².